The van der Waals surface area contributed by atoms with E-state index in [0.717, 1.165) is 108 Å². The molecule has 17 nitrogen and oxygen atoms in total. The molecular formula is C68H132O17P2. The second-order valence-corrected chi connectivity index (χ2v) is 28.7. The molecule has 0 aromatic heterocycles. The Hall–Kier alpha value is -1.94. The van der Waals surface area contributed by atoms with Crippen LogP contribution in [0.5, 0.6) is 0 Å². The van der Waals surface area contributed by atoms with Crippen molar-refractivity contribution in [1.82, 2.24) is 0 Å². The summed E-state index contributed by atoms with van der Waals surface area (Å²) in [6.45, 7) is 11.8. The Morgan fingerprint density at radius 2 is 0.586 bits per heavy atom. The summed E-state index contributed by atoms with van der Waals surface area (Å²) in [5.74, 6) is 0.149. The number of unbranched alkanes of at least 4 members (excludes halogenated alkanes) is 33. The number of aliphatic hydroxyl groups excluding tert-OH is 1. The second-order valence-electron chi connectivity index (χ2n) is 25.8. The molecule has 0 fully saturated rings. The Bertz CT molecular complexity index is 1720. The molecule has 0 aromatic carbocycles. The summed E-state index contributed by atoms with van der Waals surface area (Å²) < 4.78 is 68.2. The Kier molecular flexibility index (Phi) is 57.8. The average molecular weight is 1280 g/mol. The lowest BCUT2D eigenvalue weighted by Crippen LogP contribution is -2.30. The van der Waals surface area contributed by atoms with Gasteiger partial charge >= 0.3 is 39.5 Å². The molecular weight excluding hydrogens is 1150 g/mol. The minimum atomic E-state index is -4.95. The van der Waals surface area contributed by atoms with E-state index in [-0.39, 0.29) is 25.7 Å². The number of carbonyl (C=O) groups is 4. The number of phosphoric ester groups is 2. The number of phosphoric acid groups is 2. The SMILES string of the molecule is CCCCCCCCCCCC(=O)OC[C@H](COP(=O)(O)OC[C@H](O)COP(=O)(O)OC[C@@H](COC(=O)CCCCCCCCCCCCC(C)C)OC(=O)CCCCCCCCCCCCC(C)CC)OC(=O)CCCCCCCCCCC(C)C. The van der Waals surface area contributed by atoms with Gasteiger partial charge in [-0.3, -0.25) is 37.3 Å². The minimum Gasteiger partial charge on any atom is -0.462 e. The molecule has 0 heterocycles. The molecule has 0 rings (SSSR count). The van der Waals surface area contributed by atoms with Crippen molar-refractivity contribution in [3.8, 4) is 0 Å². The van der Waals surface area contributed by atoms with Crippen molar-refractivity contribution in [2.24, 2.45) is 17.8 Å². The molecule has 0 spiro atoms. The smallest absolute Gasteiger partial charge is 0.462 e. The van der Waals surface area contributed by atoms with E-state index >= 15 is 0 Å². The summed E-state index contributed by atoms with van der Waals surface area (Å²) in [6, 6.07) is 0. The first kappa shape index (κ1) is 85.1. The third-order valence-electron chi connectivity index (χ3n) is 16.0. The fourth-order valence-corrected chi connectivity index (χ4v) is 11.7. The van der Waals surface area contributed by atoms with Gasteiger partial charge < -0.3 is 33.8 Å². The van der Waals surface area contributed by atoms with Crippen LogP contribution in [0.3, 0.4) is 0 Å². The molecule has 0 aromatic rings. The molecule has 0 saturated heterocycles. The molecule has 0 amide bonds. The van der Waals surface area contributed by atoms with E-state index < -0.39 is 97.5 Å². The van der Waals surface area contributed by atoms with Crippen LogP contribution in [-0.2, 0) is 65.4 Å². The predicted molar refractivity (Wildman–Crippen MR) is 349 cm³/mol. The van der Waals surface area contributed by atoms with Gasteiger partial charge in [0.1, 0.15) is 19.3 Å². The summed E-state index contributed by atoms with van der Waals surface area (Å²) in [7, 11) is -9.90. The summed E-state index contributed by atoms with van der Waals surface area (Å²) in [5, 5.41) is 10.6. The first-order valence-corrected chi connectivity index (χ1v) is 38.4. The molecule has 19 heteroatoms. The normalized spacial score (nSPS) is 14.6. The van der Waals surface area contributed by atoms with Gasteiger partial charge in [0, 0.05) is 25.7 Å². The average Bonchev–Trinajstić information content (AvgIpc) is 3.59. The molecule has 0 saturated carbocycles. The van der Waals surface area contributed by atoms with E-state index in [2.05, 4.69) is 48.5 Å². The van der Waals surface area contributed by atoms with Crippen LogP contribution in [0.4, 0.5) is 0 Å². The maximum Gasteiger partial charge on any atom is 0.472 e. The van der Waals surface area contributed by atoms with Gasteiger partial charge in [0.25, 0.3) is 0 Å². The summed E-state index contributed by atoms with van der Waals surface area (Å²) in [4.78, 5) is 72.4. The quantitative estimate of drug-likeness (QED) is 0.0222. The van der Waals surface area contributed by atoms with Crippen LogP contribution in [-0.4, -0.2) is 96.7 Å². The predicted octanol–water partition coefficient (Wildman–Crippen LogP) is 19.1. The van der Waals surface area contributed by atoms with Crippen LogP contribution in [0, 0.1) is 17.8 Å². The monoisotopic (exact) mass is 1280 g/mol. The fraction of sp³-hybridized carbons (Fsp3) is 0.941. The van der Waals surface area contributed by atoms with Crippen LogP contribution in [0.15, 0.2) is 0 Å². The van der Waals surface area contributed by atoms with Crippen molar-refractivity contribution in [3.05, 3.63) is 0 Å². The third kappa shape index (κ3) is 61.3. The summed E-state index contributed by atoms with van der Waals surface area (Å²) in [5.41, 5.74) is 0. The van der Waals surface area contributed by atoms with E-state index in [1.807, 2.05) is 0 Å². The van der Waals surface area contributed by atoms with Crippen LogP contribution >= 0.6 is 15.6 Å². The zero-order chi connectivity index (χ0) is 64.5. The third-order valence-corrected chi connectivity index (χ3v) is 17.9. The standard InChI is InChI=1S/C68H132O17P2/c1-8-10-11-12-13-18-28-35-42-49-65(70)78-55-64(85-68(73)52-45-38-31-24-23-26-33-40-47-60(5)6)58-83-87(76,77)81-54-62(69)53-80-86(74,75)82-57-63(56-79-66(71)50-43-36-29-21-16-14-19-25-32-39-46-59(3)4)84-67(72)51-44-37-30-22-17-15-20-27-34-41-48-61(7)9-2/h59-64,69H,8-58H2,1-7H3,(H,74,75)(H,76,77)/t61?,62-,63-,64-/m1/s1. The van der Waals surface area contributed by atoms with Gasteiger partial charge in [-0.2, -0.15) is 0 Å². The molecule has 516 valence electrons. The van der Waals surface area contributed by atoms with Crippen molar-refractivity contribution >= 4 is 39.5 Å². The Morgan fingerprint density at radius 3 is 0.874 bits per heavy atom. The largest absolute Gasteiger partial charge is 0.472 e. The van der Waals surface area contributed by atoms with E-state index in [0.29, 0.717) is 25.7 Å². The van der Waals surface area contributed by atoms with E-state index in [1.165, 1.54) is 148 Å². The molecule has 0 bridgehead atoms. The van der Waals surface area contributed by atoms with Gasteiger partial charge in [0.2, 0.25) is 0 Å². The van der Waals surface area contributed by atoms with Crippen LogP contribution in [0.25, 0.3) is 0 Å². The number of carbonyl (C=O) groups excluding carboxylic acids is 4. The summed E-state index contributed by atoms with van der Waals surface area (Å²) >= 11 is 0. The zero-order valence-electron chi connectivity index (χ0n) is 56.5. The van der Waals surface area contributed by atoms with Crippen molar-refractivity contribution in [3.63, 3.8) is 0 Å². The lowest BCUT2D eigenvalue weighted by molar-refractivity contribution is -0.161. The molecule has 0 radical (unpaired) electrons. The van der Waals surface area contributed by atoms with Crippen LogP contribution < -0.4 is 0 Å². The van der Waals surface area contributed by atoms with E-state index in [1.54, 1.807) is 0 Å². The summed E-state index contributed by atoms with van der Waals surface area (Å²) in [6.07, 6.45) is 41.6. The molecule has 0 aliphatic rings. The molecule has 87 heavy (non-hydrogen) atoms. The number of aliphatic hydroxyl groups is 1. The zero-order valence-corrected chi connectivity index (χ0v) is 58.3. The Labute approximate surface area is 530 Å². The van der Waals surface area contributed by atoms with Gasteiger partial charge in [-0.05, 0) is 43.4 Å². The Balaban J connectivity index is 5.25. The number of ether oxygens (including phenoxy) is 4. The molecule has 6 atom stereocenters. The van der Waals surface area contributed by atoms with Gasteiger partial charge in [0.05, 0.1) is 26.4 Å². The van der Waals surface area contributed by atoms with Crippen molar-refractivity contribution < 1.29 is 80.2 Å². The van der Waals surface area contributed by atoms with Crippen LogP contribution in [0.2, 0.25) is 0 Å². The van der Waals surface area contributed by atoms with Gasteiger partial charge in [-0.25, -0.2) is 9.13 Å². The lowest BCUT2D eigenvalue weighted by Gasteiger charge is -2.21. The first-order valence-electron chi connectivity index (χ1n) is 35.4. The molecule has 3 unspecified atom stereocenters. The maximum atomic E-state index is 13.0. The van der Waals surface area contributed by atoms with Gasteiger partial charge in [-0.1, -0.05) is 286 Å². The van der Waals surface area contributed by atoms with Gasteiger partial charge in [-0.15, -0.1) is 0 Å². The van der Waals surface area contributed by atoms with Crippen molar-refractivity contribution in [2.75, 3.05) is 39.6 Å². The molecule has 3 N–H and O–H groups in total. The number of hydrogen-bond acceptors (Lipinski definition) is 15. The lowest BCUT2D eigenvalue weighted by atomic mass is 9.99. The number of hydrogen-bond donors (Lipinski definition) is 3. The highest BCUT2D eigenvalue weighted by molar-refractivity contribution is 7.47. The van der Waals surface area contributed by atoms with E-state index in [9.17, 15) is 43.2 Å². The second kappa shape index (κ2) is 59.1. The fourth-order valence-electron chi connectivity index (χ4n) is 10.2. The highest BCUT2D eigenvalue weighted by Gasteiger charge is 2.30. The minimum absolute atomic E-state index is 0.104. The topological polar surface area (TPSA) is 237 Å². The van der Waals surface area contributed by atoms with Crippen molar-refractivity contribution in [1.29, 1.82) is 0 Å². The van der Waals surface area contributed by atoms with Gasteiger partial charge in [0.15, 0.2) is 12.2 Å². The molecule has 0 aliphatic heterocycles. The number of esters is 4. The highest BCUT2D eigenvalue weighted by atomic mass is 31.2. The van der Waals surface area contributed by atoms with E-state index in [4.69, 9.17) is 37.0 Å². The highest BCUT2D eigenvalue weighted by Crippen LogP contribution is 2.45. The maximum absolute atomic E-state index is 13.0. The number of rotatable bonds is 66. The Morgan fingerprint density at radius 1 is 0.333 bits per heavy atom. The van der Waals surface area contributed by atoms with Crippen LogP contribution in [0.1, 0.15) is 337 Å². The first-order chi connectivity index (χ1) is 41.8. The molecule has 0 aliphatic carbocycles. The van der Waals surface area contributed by atoms with Crippen molar-refractivity contribution in [2.45, 2.75) is 356 Å².